The maximum absolute atomic E-state index is 12.4. The molecule has 1 aliphatic heterocycles. The topological polar surface area (TPSA) is 70.6 Å². The van der Waals surface area contributed by atoms with Crippen LogP contribution < -0.4 is 10.2 Å². The van der Waals surface area contributed by atoms with E-state index in [0.717, 1.165) is 18.8 Å². The van der Waals surface area contributed by atoms with Crippen molar-refractivity contribution in [1.82, 2.24) is 15.1 Å². The van der Waals surface area contributed by atoms with Crippen LogP contribution in [-0.2, 0) is 4.74 Å². The van der Waals surface area contributed by atoms with E-state index < -0.39 is 0 Å². The second-order valence-corrected chi connectivity index (χ2v) is 6.05. The fraction of sp³-hybridized carbons (Fsp3) is 0.421. The molecule has 1 amide bonds. The van der Waals surface area contributed by atoms with Crippen LogP contribution in [0.25, 0.3) is 0 Å². The molecule has 2 aromatic rings. The van der Waals surface area contributed by atoms with Crippen LogP contribution in [0.15, 0.2) is 36.4 Å². The average Bonchev–Trinajstić information content (AvgIpc) is 2.71. The molecular weight excluding hydrogens is 330 g/mol. The quantitative estimate of drug-likeness (QED) is 0.859. The van der Waals surface area contributed by atoms with E-state index >= 15 is 0 Å². The molecule has 0 saturated carbocycles. The Labute approximate surface area is 154 Å². The third-order valence-corrected chi connectivity index (χ3v) is 4.45. The van der Waals surface area contributed by atoms with Gasteiger partial charge >= 0.3 is 0 Å². The van der Waals surface area contributed by atoms with Gasteiger partial charge in [0.25, 0.3) is 5.91 Å². The van der Waals surface area contributed by atoms with Crippen LogP contribution in [0.1, 0.15) is 24.3 Å². The van der Waals surface area contributed by atoms with Gasteiger partial charge in [0, 0.05) is 37.6 Å². The molecule has 0 atom stereocenters. The summed E-state index contributed by atoms with van der Waals surface area (Å²) in [4.78, 5) is 16.4. The van der Waals surface area contributed by atoms with E-state index in [1.165, 1.54) is 5.69 Å². The van der Waals surface area contributed by atoms with Crippen molar-refractivity contribution in [1.29, 1.82) is 0 Å². The predicted molar refractivity (Wildman–Crippen MR) is 102 cm³/mol. The average molecular weight is 355 g/mol. The molecule has 26 heavy (non-hydrogen) atoms. The fourth-order valence-electron chi connectivity index (χ4n) is 2.93. The second-order valence-electron chi connectivity index (χ2n) is 6.05. The Morgan fingerprint density at radius 2 is 1.77 bits per heavy atom. The summed E-state index contributed by atoms with van der Waals surface area (Å²) >= 11 is 0. The van der Waals surface area contributed by atoms with Crippen LogP contribution in [0, 0.1) is 0 Å². The second kappa shape index (κ2) is 8.62. The summed E-state index contributed by atoms with van der Waals surface area (Å²) in [5.74, 6) is 0.509. The van der Waals surface area contributed by atoms with E-state index in [1.807, 2.05) is 12.1 Å². The molecule has 3 rings (SSSR count). The van der Waals surface area contributed by atoms with Crippen LogP contribution in [0.5, 0.6) is 0 Å². The number of carbonyl (C=O) groups excluding carboxylic acids is 1. The maximum atomic E-state index is 12.4. The van der Waals surface area contributed by atoms with Crippen molar-refractivity contribution in [2.45, 2.75) is 13.8 Å². The number of ether oxygens (including phenoxy) is 1. The van der Waals surface area contributed by atoms with Crippen LogP contribution in [-0.4, -0.2) is 60.4 Å². The normalized spacial score (nSPS) is 14.2. The van der Waals surface area contributed by atoms with Gasteiger partial charge < -0.3 is 19.9 Å². The van der Waals surface area contributed by atoms with Crippen molar-refractivity contribution in [3.63, 3.8) is 0 Å². The molecule has 1 aromatic heterocycles. The Morgan fingerprint density at radius 3 is 2.35 bits per heavy atom. The van der Waals surface area contributed by atoms with E-state index in [1.54, 1.807) is 17.0 Å². The van der Waals surface area contributed by atoms with Crippen molar-refractivity contribution < 1.29 is 9.53 Å². The summed E-state index contributed by atoms with van der Waals surface area (Å²) in [6.45, 7) is 8.58. The summed E-state index contributed by atoms with van der Waals surface area (Å²) in [5.41, 5.74) is 2.48. The summed E-state index contributed by atoms with van der Waals surface area (Å²) in [6.07, 6.45) is 0. The first-order chi connectivity index (χ1) is 12.7. The van der Waals surface area contributed by atoms with Crippen LogP contribution in [0.3, 0.4) is 0 Å². The van der Waals surface area contributed by atoms with Crippen molar-refractivity contribution in [2.75, 3.05) is 49.6 Å². The zero-order valence-corrected chi connectivity index (χ0v) is 15.3. The largest absolute Gasteiger partial charge is 0.378 e. The fourth-order valence-corrected chi connectivity index (χ4v) is 2.93. The zero-order valence-electron chi connectivity index (χ0n) is 15.3. The summed E-state index contributed by atoms with van der Waals surface area (Å²) < 4.78 is 5.27. The van der Waals surface area contributed by atoms with Crippen molar-refractivity contribution in [3.8, 4) is 0 Å². The lowest BCUT2D eigenvalue weighted by Gasteiger charge is -2.26. The Hall–Kier alpha value is -2.67. The Kier molecular flexibility index (Phi) is 6.01. The monoisotopic (exact) mass is 355 g/mol. The van der Waals surface area contributed by atoms with Crippen LogP contribution >= 0.6 is 0 Å². The predicted octanol–water partition coefficient (Wildman–Crippen LogP) is 2.54. The SMILES string of the molecule is CCN(CC)c1ccc(Nc2ccc(C(=O)N3CCOCC3)nn2)cc1. The molecule has 1 aliphatic rings. The lowest BCUT2D eigenvalue weighted by Crippen LogP contribution is -2.41. The number of benzene rings is 1. The smallest absolute Gasteiger partial charge is 0.274 e. The number of carbonyl (C=O) groups is 1. The molecule has 7 nitrogen and oxygen atoms in total. The van der Waals surface area contributed by atoms with Gasteiger partial charge in [0.05, 0.1) is 13.2 Å². The van der Waals surface area contributed by atoms with Gasteiger partial charge in [0.1, 0.15) is 0 Å². The maximum Gasteiger partial charge on any atom is 0.274 e. The van der Waals surface area contributed by atoms with E-state index in [-0.39, 0.29) is 5.91 Å². The molecular formula is C19H25N5O2. The summed E-state index contributed by atoms with van der Waals surface area (Å²) in [7, 11) is 0. The Bertz CT molecular complexity index is 708. The van der Waals surface area contributed by atoms with Gasteiger partial charge in [-0.3, -0.25) is 4.79 Å². The molecule has 0 radical (unpaired) electrons. The van der Waals surface area contributed by atoms with E-state index in [9.17, 15) is 4.79 Å². The van der Waals surface area contributed by atoms with Crippen LogP contribution in [0.2, 0.25) is 0 Å². The first kappa shape index (κ1) is 18.1. The van der Waals surface area contributed by atoms with E-state index in [0.29, 0.717) is 37.8 Å². The number of rotatable bonds is 6. The summed E-state index contributed by atoms with van der Waals surface area (Å²) in [5, 5.41) is 11.4. The molecule has 1 saturated heterocycles. The van der Waals surface area contributed by atoms with E-state index in [2.05, 4.69) is 46.4 Å². The minimum absolute atomic E-state index is 0.101. The molecule has 0 bridgehead atoms. The van der Waals surface area contributed by atoms with E-state index in [4.69, 9.17) is 4.74 Å². The number of amides is 1. The third-order valence-electron chi connectivity index (χ3n) is 4.45. The van der Waals surface area contributed by atoms with Gasteiger partial charge in [0.15, 0.2) is 11.5 Å². The molecule has 1 N–H and O–H groups in total. The first-order valence-electron chi connectivity index (χ1n) is 9.04. The van der Waals surface area contributed by atoms with Gasteiger partial charge in [-0.25, -0.2) is 0 Å². The highest BCUT2D eigenvalue weighted by Gasteiger charge is 2.19. The molecule has 7 heteroatoms. The molecule has 1 fully saturated rings. The number of hydrogen-bond donors (Lipinski definition) is 1. The number of anilines is 3. The molecule has 1 aromatic carbocycles. The number of hydrogen-bond acceptors (Lipinski definition) is 6. The van der Waals surface area contributed by atoms with Gasteiger partial charge in [-0.1, -0.05) is 0 Å². The van der Waals surface area contributed by atoms with Gasteiger partial charge in [-0.05, 0) is 50.2 Å². The highest BCUT2D eigenvalue weighted by molar-refractivity contribution is 5.92. The standard InChI is InChI=1S/C19H25N5O2/c1-3-23(4-2)16-7-5-15(6-8-16)20-18-10-9-17(21-22-18)19(25)24-11-13-26-14-12-24/h5-10H,3-4,11-14H2,1-2H3,(H,20,22). The Morgan fingerprint density at radius 1 is 1.08 bits per heavy atom. The number of nitrogens with zero attached hydrogens (tertiary/aromatic N) is 4. The van der Waals surface area contributed by atoms with Crippen molar-refractivity contribution in [3.05, 3.63) is 42.1 Å². The molecule has 0 unspecified atom stereocenters. The van der Waals surface area contributed by atoms with Crippen LogP contribution in [0.4, 0.5) is 17.2 Å². The Balaban J connectivity index is 1.63. The molecule has 0 aliphatic carbocycles. The zero-order chi connectivity index (χ0) is 18.4. The number of morpholine rings is 1. The highest BCUT2D eigenvalue weighted by atomic mass is 16.5. The minimum atomic E-state index is -0.101. The van der Waals surface area contributed by atoms with Gasteiger partial charge in [-0.2, -0.15) is 0 Å². The number of aromatic nitrogens is 2. The summed E-state index contributed by atoms with van der Waals surface area (Å²) in [6, 6.07) is 11.7. The lowest BCUT2D eigenvalue weighted by atomic mass is 10.2. The first-order valence-corrected chi connectivity index (χ1v) is 9.04. The lowest BCUT2D eigenvalue weighted by molar-refractivity contribution is 0.0298. The number of nitrogens with one attached hydrogen (secondary N) is 1. The third kappa shape index (κ3) is 4.29. The minimum Gasteiger partial charge on any atom is -0.378 e. The van der Waals surface area contributed by atoms with Gasteiger partial charge in [-0.15, -0.1) is 10.2 Å². The van der Waals surface area contributed by atoms with Gasteiger partial charge in [0.2, 0.25) is 0 Å². The highest BCUT2D eigenvalue weighted by Crippen LogP contribution is 2.20. The molecule has 2 heterocycles. The van der Waals surface area contributed by atoms with Crippen molar-refractivity contribution in [2.24, 2.45) is 0 Å². The molecule has 0 spiro atoms. The molecule has 138 valence electrons. The van der Waals surface area contributed by atoms with Crippen molar-refractivity contribution >= 4 is 23.1 Å².